The first-order chi connectivity index (χ1) is 13.2. The number of fused-ring (bicyclic) bond motifs is 1. The number of ether oxygens (including phenoxy) is 1. The van der Waals surface area contributed by atoms with Crippen LogP contribution in [-0.2, 0) is 11.3 Å². The van der Waals surface area contributed by atoms with Crippen molar-refractivity contribution in [2.24, 2.45) is 5.92 Å². The van der Waals surface area contributed by atoms with E-state index in [0.717, 1.165) is 19.5 Å². The van der Waals surface area contributed by atoms with Crippen LogP contribution in [0.2, 0.25) is 0 Å². The molecular formula is C22H24N2O3. The topological polar surface area (TPSA) is 49.9 Å². The summed E-state index contributed by atoms with van der Waals surface area (Å²) in [6.45, 7) is 2.80. The van der Waals surface area contributed by atoms with Crippen molar-refractivity contribution >= 4 is 11.8 Å². The van der Waals surface area contributed by atoms with E-state index >= 15 is 0 Å². The molecule has 2 heterocycles. The van der Waals surface area contributed by atoms with Gasteiger partial charge in [0.05, 0.1) is 17.7 Å². The SMILES string of the molecule is COCC1CCN(Cc2ccccc2)C1CN1C(=O)c2ccccc2C1=O. The van der Waals surface area contributed by atoms with Gasteiger partial charge in [0.2, 0.25) is 0 Å². The molecule has 140 valence electrons. The third kappa shape index (κ3) is 3.40. The van der Waals surface area contributed by atoms with Crippen LogP contribution in [0.1, 0.15) is 32.7 Å². The smallest absolute Gasteiger partial charge is 0.261 e. The number of hydrogen-bond acceptors (Lipinski definition) is 4. The highest BCUT2D eigenvalue weighted by Gasteiger charge is 2.41. The maximum atomic E-state index is 12.8. The molecule has 0 aromatic heterocycles. The van der Waals surface area contributed by atoms with E-state index in [1.807, 2.05) is 18.2 Å². The van der Waals surface area contributed by atoms with Gasteiger partial charge in [-0.2, -0.15) is 0 Å². The maximum absolute atomic E-state index is 12.8. The molecule has 4 rings (SSSR count). The van der Waals surface area contributed by atoms with E-state index in [1.165, 1.54) is 10.5 Å². The van der Waals surface area contributed by atoms with Crippen LogP contribution in [-0.4, -0.2) is 54.5 Å². The van der Waals surface area contributed by atoms with E-state index in [1.54, 1.807) is 31.4 Å². The molecule has 0 bridgehead atoms. The Morgan fingerprint density at radius 3 is 2.22 bits per heavy atom. The second-order valence-electron chi connectivity index (χ2n) is 7.29. The van der Waals surface area contributed by atoms with E-state index in [-0.39, 0.29) is 17.9 Å². The molecule has 5 heteroatoms. The lowest BCUT2D eigenvalue weighted by atomic mass is 10.0. The summed E-state index contributed by atoms with van der Waals surface area (Å²) in [5.74, 6) is -0.0559. The van der Waals surface area contributed by atoms with Crippen molar-refractivity contribution in [2.45, 2.75) is 19.0 Å². The van der Waals surface area contributed by atoms with Gasteiger partial charge in [0.1, 0.15) is 0 Å². The number of nitrogens with zero attached hydrogens (tertiary/aromatic N) is 2. The number of rotatable bonds is 6. The predicted molar refractivity (Wildman–Crippen MR) is 102 cm³/mol. The first-order valence-corrected chi connectivity index (χ1v) is 9.41. The van der Waals surface area contributed by atoms with Crippen LogP contribution >= 0.6 is 0 Å². The minimum Gasteiger partial charge on any atom is -0.384 e. The molecule has 2 aromatic carbocycles. The van der Waals surface area contributed by atoms with Crippen LogP contribution < -0.4 is 0 Å². The first-order valence-electron chi connectivity index (χ1n) is 9.41. The fourth-order valence-electron chi connectivity index (χ4n) is 4.27. The summed E-state index contributed by atoms with van der Waals surface area (Å²) in [4.78, 5) is 29.4. The maximum Gasteiger partial charge on any atom is 0.261 e. The fourth-order valence-corrected chi connectivity index (χ4v) is 4.27. The fraction of sp³-hybridized carbons (Fsp3) is 0.364. The molecular weight excluding hydrogens is 340 g/mol. The summed E-state index contributed by atoms with van der Waals surface area (Å²) >= 11 is 0. The minimum atomic E-state index is -0.182. The Morgan fingerprint density at radius 1 is 0.963 bits per heavy atom. The lowest BCUT2D eigenvalue weighted by Gasteiger charge is -2.31. The summed E-state index contributed by atoms with van der Waals surface area (Å²) in [6.07, 6.45) is 1.01. The number of likely N-dealkylation sites (tertiary alicyclic amines) is 1. The second-order valence-corrected chi connectivity index (χ2v) is 7.29. The van der Waals surface area contributed by atoms with Gasteiger partial charge in [0, 0.05) is 32.2 Å². The Kier molecular flexibility index (Phi) is 5.05. The highest BCUT2D eigenvalue weighted by molar-refractivity contribution is 6.21. The van der Waals surface area contributed by atoms with Gasteiger partial charge in [-0.1, -0.05) is 42.5 Å². The third-order valence-electron chi connectivity index (χ3n) is 5.66. The van der Waals surface area contributed by atoms with Gasteiger partial charge in [0.25, 0.3) is 11.8 Å². The van der Waals surface area contributed by atoms with Crippen LogP contribution in [0.15, 0.2) is 54.6 Å². The zero-order valence-corrected chi connectivity index (χ0v) is 15.5. The van der Waals surface area contributed by atoms with Crippen molar-refractivity contribution in [1.29, 1.82) is 0 Å². The molecule has 27 heavy (non-hydrogen) atoms. The van der Waals surface area contributed by atoms with Crippen molar-refractivity contribution < 1.29 is 14.3 Å². The number of hydrogen-bond donors (Lipinski definition) is 0. The van der Waals surface area contributed by atoms with Crippen LogP contribution in [0.3, 0.4) is 0 Å². The van der Waals surface area contributed by atoms with Crippen molar-refractivity contribution in [2.75, 3.05) is 26.8 Å². The second kappa shape index (κ2) is 7.62. The molecule has 2 amide bonds. The summed E-state index contributed by atoms with van der Waals surface area (Å²) in [6, 6.07) is 17.5. The van der Waals surface area contributed by atoms with E-state index in [0.29, 0.717) is 30.2 Å². The number of benzene rings is 2. The van der Waals surface area contributed by atoms with E-state index in [2.05, 4.69) is 17.0 Å². The van der Waals surface area contributed by atoms with Gasteiger partial charge in [-0.3, -0.25) is 19.4 Å². The quantitative estimate of drug-likeness (QED) is 0.740. The van der Waals surface area contributed by atoms with Crippen molar-refractivity contribution in [3.05, 3.63) is 71.3 Å². The summed E-state index contributed by atoms with van der Waals surface area (Å²) in [7, 11) is 1.71. The van der Waals surface area contributed by atoms with E-state index in [9.17, 15) is 9.59 Å². The Labute approximate surface area is 159 Å². The van der Waals surface area contributed by atoms with Gasteiger partial charge >= 0.3 is 0 Å². The largest absolute Gasteiger partial charge is 0.384 e. The number of imide groups is 1. The molecule has 0 radical (unpaired) electrons. The molecule has 2 atom stereocenters. The standard InChI is InChI=1S/C22H24N2O3/c1-27-15-17-11-12-23(13-16-7-3-2-4-8-16)20(17)14-24-21(25)18-9-5-6-10-19(18)22(24)26/h2-10,17,20H,11-15H2,1H3. The number of amides is 2. The third-order valence-corrected chi connectivity index (χ3v) is 5.66. The average molecular weight is 364 g/mol. The van der Waals surface area contributed by atoms with Crippen LogP contribution in [0, 0.1) is 5.92 Å². The highest BCUT2D eigenvalue weighted by atomic mass is 16.5. The van der Waals surface area contributed by atoms with Crippen molar-refractivity contribution in [1.82, 2.24) is 9.80 Å². The van der Waals surface area contributed by atoms with E-state index < -0.39 is 0 Å². The molecule has 1 saturated heterocycles. The molecule has 5 nitrogen and oxygen atoms in total. The Hall–Kier alpha value is -2.50. The summed E-state index contributed by atoms with van der Waals surface area (Å²) in [5.41, 5.74) is 2.26. The minimum absolute atomic E-state index is 0.104. The molecule has 2 aliphatic heterocycles. The molecule has 0 N–H and O–H groups in total. The number of carbonyl (C=O) groups is 2. The van der Waals surface area contributed by atoms with Crippen molar-refractivity contribution in [3.8, 4) is 0 Å². The lowest BCUT2D eigenvalue weighted by molar-refractivity contribution is 0.0550. The number of carbonyl (C=O) groups excluding carboxylic acids is 2. The molecule has 0 spiro atoms. The lowest BCUT2D eigenvalue weighted by Crippen LogP contribution is -2.45. The highest BCUT2D eigenvalue weighted by Crippen LogP contribution is 2.30. The van der Waals surface area contributed by atoms with Crippen LogP contribution in [0.4, 0.5) is 0 Å². The first kappa shape index (κ1) is 17.9. The van der Waals surface area contributed by atoms with E-state index in [4.69, 9.17) is 4.74 Å². The number of methoxy groups -OCH3 is 1. The molecule has 1 fully saturated rings. The molecule has 2 aliphatic rings. The van der Waals surface area contributed by atoms with Crippen LogP contribution in [0.5, 0.6) is 0 Å². The Balaban J connectivity index is 1.55. The molecule has 2 unspecified atom stereocenters. The van der Waals surface area contributed by atoms with Gasteiger partial charge < -0.3 is 4.74 Å². The average Bonchev–Trinajstić information content (AvgIpc) is 3.17. The van der Waals surface area contributed by atoms with Crippen LogP contribution in [0.25, 0.3) is 0 Å². The molecule has 0 aliphatic carbocycles. The Morgan fingerprint density at radius 2 is 1.59 bits per heavy atom. The van der Waals surface area contributed by atoms with Gasteiger partial charge in [-0.15, -0.1) is 0 Å². The van der Waals surface area contributed by atoms with Crippen molar-refractivity contribution in [3.63, 3.8) is 0 Å². The van der Waals surface area contributed by atoms with Gasteiger partial charge in [-0.25, -0.2) is 0 Å². The molecule has 0 saturated carbocycles. The zero-order valence-electron chi connectivity index (χ0n) is 15.5. The van der Waals surface area contributed by atoms with Gasteiger partial charge in [0.15, 0.2) is 0 Å². The predicted octanol–water partition coefficient (Wildman–Crippen LogP) is 2.82. The molecule has 2 aromatic rings. The van der Waals surface area contributed by atoms with Gasteiger partial charge in [-0.05, 0) is 30.7 Å². The Bertz CT molecular complexity index is 801. The summed E-state index contributed by atoms with van der Waals surface area (Å²) < 4.78 is 5.42. The zero-order chi connectivity index (χ0) is 18.8. The monoisotopic (exact) mass is 364 g/mol. The summed E-state index contributed by atoms with van der Waals surface area (Å²) in [5, 5.41) is 0. The normalized spacial score (nSPS) is 22.5.